The van der Waals surface area contributed by atoms with E-state index in [1.807, 2.05) is 43.9 Å². The predicted octanol–water partition coefficient (Wildman–Crippen LogP) is 2.70. The Hall–Kier alpha value is -2.04. The Morgan fingerprint density at radius 3 is 2.64 bits per heavy atom. The van der Waals surface area contributed by atoms with Crippen molar-refractivity contribution in [3.63, 3.8) is 0 Å². The molecule has 0 saturated carbocycles. The minimum absolute atomic E-state index is 0.194. The number of aldehydes is 1. The molecule has 0 unspecified atom stereocenters. The van der Waals surface area contributed by atoms with E-state index in [1.165, 1.54) is 0 Å². The van der Waals surface area contributed by atoms with Gasteiger partial charge in [-0.1, -0.05) is 12.1 Å². The first-order chi connectivity index (χ1) is 10.4. The Balaban J connectivity index is 1.69. The molecule has 2 bridgehead atoms. The van der Waals surface area contributed by atoms with E-state index in [0.717, 1.165) is 24.9 Å². The molecule has 0 aromatic heterocycles. The van der Waals surface area contributed by atoms with Crippen LogP contribution in [0.25, 0.3) is 0 Å². The normalized spacial score (nSPS) is 23.8. The monoisotopic (exact) mass is 302 g/mol. The van der Waals surface area contributed by atoms with E-state index in [9.17, 15) is 9.59 Å². The van der Waals surface area contributed by atoms with Gasteiger partial charge in [0.1, 0.15) is 11.9 Å². The number of rotatable bonds is 2. The number of hydrogen-bond acceptors (Lipinski definition) is 4. The number of hydrogen-bond donors (Lipinski definition) is 0. The Bertz CT molecular complexity index is 594. The molecule has 1 aromatic rings. The third-order valence-corrected chi connectivity index (χ3v) is 4.21. The molecule has 2 saturated heterocycles. The summed E-state index contributed by atoms with van der Waals surface area (Å²) in [7, 11) is 0. The molecular formula is C17H22N2O3. The molecule has 0 radical (unpaired) electrons. The topological polar surface area (TPSA) is 49.9 Å². The molecule has 22 heavy (non-hydrogen) atoms. The molecule has 118 valence electrons. The fourth-order valence-corrected chi connectivity index (χ4v) is 3.30. The lowest BCUT2D eigenvalue weighted by molar-refractivity contribution is 0.0214. The number of carbonyl (C=O) groups is 2. The van der Waals surface area contributed by atoms with Gasteiger partial charge in [0.2, 0.25) is 0 Å². The standard InChI is InChI=1S/C17H22N2O3/c1-17(2,3)22-16(21)19-10-14-8-15(19)9-18(14)13-6-4-5-12(7-13)11-20/h4-7,11,14-15H,8-10H2,1-3H3/t14-,15-/m0/s1. The van der Waals surface area contributed by atoms with E-state index in [2.05, 4.69) is 4.90 Å². The van der Waals surface area contributed by atoms with E-state index in [4.69, 9.17) is 4.74 Å². The van der Waals surface area contributed by atoms with Gasteiger partial charge in [0, 0.05) is 30.4 Å². The molecule has 0 spiro atoms. The highest BCUT2D eigenvalue weighted by molar-refractivity contribution is 5.77. The number of fused-ring (bicyclic) bond motifs is 2. The minimum Gasteiger partial charge on any atom is -0.444 e. The summed E-state index contributed by atoms with van der Waals surface area (Å²) in [5.74, 6) is 0. The molecule has 2 aliphatic rings. The van der Waals surface area contributed by atoms with E-state index in [1.54, 1.807) is 6.07 Å². The summed E-state index contributed by atoms with van der Waals surface area (Å²) < 4.78 is 5.47. The first kappa shape index (κ1) is 14.9. The quantitative estimate of drug-likeness (QED) is 0.788. The SMILES string of the molecule is CC(C)(C)OC(=O)N1C[C@@H]2C[C@H]1CN2c1cccc(C=O)c1. The molecule has 3 rings (SSSR count). The number of likely N-dealkylation sites (tertiary alicyclic amines) is 1. The highest BCUT2D eigenvalue weighted by Crippen LogP contribution is 2.35. The lowest BCUT2D eigenvalue weighted by Crippen LogP contribution is -2.50. The zero-order valence-corrected chi connectivity index (χ0v) is 13.3. The van der Waals surface area contributed by atoms with Crippen LogP contribution in [0.2, 0.25) is 0 Å². The van der Waals surface area contributed by atoms with Gasteiger partial charge in [-0.15, -0.1) is 0 Å². The zero-order chi connectivity index (χ0) is 15.9. The van der Waals surface area contributed by atoms with Crippen LogP contribution >= 0.6 is 0 Å². The third kappa shape index (κ3) is 2.80. The molecule has 0 aliphatic carbocycles. The molecule has 1 aromatic carbocycles. The summed E-state index contributed by atoms with van der Waals surface area (Å²) in [5.41, 5.74) is 1.28. The molecule has 5 nitrogen and oxygen atoms in total. The van der Waals surface area contributed by atoms with Crippen LogP contribution in [0.1, 0.15) is 37.6 Å². The summed E-state index contributed by atoms with van der Waals surface area (Å²) in [4.78, 5) is 27.3. The summed E-state index contributed by atoms with van der Waals surface area (Å²) in [6, 6.07) is 8.13. The number of amides is 1. The van der Waals surface area contributed by atoms with E-state index in [-0.39, 0.29) is 12.1 Å². The fourth-order valence-electron chi connectivity index (χ4n) is 3.30. The van der Waals surface area contributed by atoms with Gasteiger partial charge >= 0.3 is 6.09 Å². The van der Waals surface area contributed by atoms with Crippen LogP contribution in [-0.2, 0) is 4.74 Å². The minimum atomic E-state index is -0.461. The van der Waals surface area contributed by atoms with Crippen LogP contribution in [0.4, 0.5) is 10.5 Å². The average molecular weight is 302 g/mol. The number of anilines is 1. The molecule has 2 aliphatic heterocycles. The highest BCUT2D eigenvalue weighted by Gasteiger charge is 2.46. The van der Waals surface area contributed by atoms with Crippen LogP contribution < -0.4 is 4.90 Å². The summed E-state index contributed by atoms with van der Waals surface area (Å²) in [6.07, 6.45) is 1.61. The molecule has 1 amide bonds. The van der Waals surface area contributed by atoms with Crippen LogP contribution in [0.5, 0.6) is 0 Å². The van der Waals surface area contributed by atoms with Crippen molar-refractivity contribution < 1.29 is 14.3 Å². The number of ether oxygens (including phenoxy) is 1. The van der Waals surface area contributed by atoms with Crippen molar-refractivity contribution in [2.24, 2.45) is 0 Å². The average Bonchev–Trinajstić information content (AvgIpc) is 3.05. The number of benzene rings is 1. The lowest BCUT2D eigenvalue weighted by Gasteiger charge is -2.36. The van der Waals surface area contributed by atoms with Crippen molar-refractivity contribution in [1.29, 1.82) is 0 Å². The highest BCUT2D eigenvalue weighted by atomic mass is 16.6. The summed E-state index contributed by atoms with van der Waals surface area (Å²) >= 11 is 0. The first-order valence-corrected chi connectivity index (χ1v) is 7.69. The first-order valence-electron chi connectivity index (χ1n) is 7.69. The molecule has 2 heterocycles. The molecule has 2 atom stereocenters. The number of carbonyl (C=O) groups excluding carboxylic acids is 2. The Labute approximate surface area is 130 Å². The number of piperazine rings is 1. The Morgan fingerprint density at radius 1 is 1.27 bits per heavy atom. The maximum absolute atomic E-state index is 12.2. The van der Waals surface area contributed by atoms with Crippen molar-refractivity contribution in [2.75, 3.05) is 18.0 Å². The van der Waals surface area contributed by atoms with Gasteiger partial charge in [-0.25, -0.2) is 4.79 Å². The van der Waals surface area contributed by atoms with Gasteiger partial charge in [-0.2, -0.15) is 0 Å². The van der Waals surface area contributed by atoms with Crippen molar-refractivity contribution in [1.82, 2.24) is 4.90 Å². The summed E-state index contributed by atoms with van der Waals surface area (Å²) in [5, 5.41) is 0. The smallest absolute Gasteiger partial charge is 0.410 e. The van der Waals surface area contributed by atoms with Gasteiger partial charge in [0.25, 0.3) is 0 Å². The largest absolute Gasteiger partial charge is 0.444 e. The van der Waals surface area contributed by atoms with Gasteiger partial charge in [0.05, 0.1) is 6.04 Å². The van der Waals surface area contributed by atoms with E-state index >= 15 is 0 Å². The van der Waals surface area contributed by atoms with Gasteiger partial charge in [0.15, 0.2) is 0 Å². The van der Waals surface area contributed by atoms with Gasteiger partial charge < -0.3 is 14.5 Å². The Morgan fingerprint density at radius 2 is 2.05 bits per heavy atom. The second kappa shape index (κ2) is 5.30. The zero-order valence-electron chi connectivity index (χ0n) is 13.3. The predicted molar refractivity (Wildman–Crippen MR) is 84.3 cm³/mol. The molecule has 5 heteroatoms. The molecule has 2 fully saturated rings. The van der Waals surface area contributed by atoms with Gasteiger partial charge in [-0.3, -0.25) is 4.79 Å². The maximum Gasteiger partial charge on any atom is 0.410 e. The Kier molecular flexibility index (Phi) is 3.59. The van der Waals surface area contributed by atoms with Crippen LogP contribution in [0.3, 0.4) is 0 Å². The van der Waals surface area contributed by atoms with E-state index < -0.39 is 5.60 Å². The van der Waals surface area contributed by atoms with Crippen molar-refractivity contribution >= 4 is 18.1 Å². The second-order valence-electron chi connectivity index (χ2n) is 7.04. The molecule has 0 N–H and O–H groups in total. The van der Waals surface area contributed by atoms with Crippen molar-refractivity contribution in [3.05, 3.63) is 29.8 Å². The lowest BCUT2D eigenvalue weighted by atomic mass is 10.2. The van der Waals surface area contributed by atoms with Gasteiger partial charge in [-0.05, 0) is 39.3 Å². The van der Waals surface area contributed by atoms with Crippen molar-refractivity contribution in [2.45, 2.75) is 44.9 Å². The maximum atomic E-state index is 12.2. The van der Waals surface area contributed by atoms with E-state index in [0.29, 0.717) is 18.2 Å². The van der Waals surface area contributed by atoms with Crippen LogP contribution in [0.15, 0.2) is 24.3 Å². The summed E-state index contributed by atoms with van der Waals surface area (Å²) in [6.45, 7) is 7.14. The molecular weight excluding hydrogens is 280 g/mol. The van der Waals surface area contributed by atoms with Crippen LogP contribution in [-0.4, -0.2) is 48.1 Å². The third-order valence-electron chi connectivity index (χ3n) is 4.21. The second-order valence-corrected chi connectivity index (χ2v) is 7.04. The van der Waals surface area contributed by atoms with Crippen LogP contribution in [0, 0.1) is 0 Å². The van der Waals surface area contributed by atoms with Crippen molar-refractivity contribution in [3.8, 4) is 0 Å². The number of nitrogens with zero attached hydrogens (tertiary/aromatic N) is 2. The fraction of sp³-hybridized carbons (Fsp3) is 0.529.